The average molecular weight is 348 g/mol. The minimum atomic E-state index is -0.848. The number of rotatable bonds is 9. The van der Waals surface area contributed by atoms with Crippen LogP contribution in [0.5, 0.6) is 0 Å². The molecule has 2 N–H and O–H groups in total. The lowest BCUT2D eigenvalue weighted by molar-refractivity contribution is -0.137. The summed E-state index contributed by atoms with van der Waals surface area (Å²) in [5.74, 6) is -0.848. The topological polar surface area (TPSA) is 78.9 Å². The highest BCUT2D eigenvalue weighted by Gasteiger charge is 2.23. The summed E-state index contributed by atoms with van der Waals surface area (Å²) in [6.07, 6.45) is 3.20. The molecule has 2 atom stereocenters. The molecule has 1 heterocycles. The van der Waals surface area contributed by atoms with Gasteiger partial charge >= 0.3 is 12.0 Å². The highest BCUT2D eigenvalue weighted by atomic mass is 16.5. The molecule has 0 aromatic heterocycles. The maximum absolute atomic E-state index is 12.6. The van der Waals surface area contributed by atoms with Gasteiger partial charge in [0.05, 0.1) is 6.10 Å². The van der Waals surface area contributed by atoms with Crippen molar-refractivity contribution >= 4 is 12.0 Å². The van der Waals surface area contributed by atoms with Crippen LogP contribution >= 0.6 is 0 Å². The second kappa shape index (κ2) is 10.0. The molecule has 1 aromatic carbocycles. The third kappa shape index (κ3) is 6.74. The van der Waals surface area contributed by atoms with Crippen molar-refractivity contribution in [2.45, 2.75) is 51.2 Å². The van der Waals surface area contributed by atoms with E-state index in [1.807, 2.05) is 37.3 Å². The number of carboxylic acids is 1. The zero-order valence-electron chi connectivity index (χ0n) is 14.8. The number of likely N-dealkylation sites (N-methyl/N-ethyl adjacent to an activating group) is 1. The molecule has 25 heavy (non-hydrogen) atoms. The summed E-state index contributed by atoms with van der Waals surface area (Å²) in [6, 6.07) is 9.46. The van der Waals surface area contributed by atoms with Crippen LogP contribution in [0.2, 0.25) is 0 Å². The van der Waals surface area contributed by atoms with Crippen LogP contribution in [0, 0.1) is 0 Å². The molecule has 0 spiro atoms. The van der Waals surface area contributed by atoms with E-state index in [9.17, 15) is 9.59 Å². The number of nitrogens with one attached hydrogen (secondary N) is 1. The third-order valence-corrected chi connectivity index (χ3v) is 4.48. The van der Waals surface area contributed by atoms with Gasteiger partial charge in [0.15, 0.2) is 0 Å². The van der Waals surface area contributed by atoms with E-state index in [0.717, 1.165) is 25.0 Å². The first-order valence-electron chi connectivity index (χ1n) is 9.01. The minimum Gasteiger partial charge on any atom is -0.481 e. The van der Waals surface area contributed by atoms with Gasteiger partial charge in [-0.05, 0) is 38.2 Å². The number of carbonyl (C=O) groups excluding carboxylic acids is 1. The Labute approximate surface area is 149 Å². The Morgan fingerprint density at radius 3 is 2.72 bits per heavy atom. The Morgan fingerprint density at radius 1 is 1.36 bits per heavy atom. The van der Waals surface area contributed by atoms with Crippen LogP contribution in [0.4, 0.5) is 4.79 Å². The zero-order valence-corrected chi connectivity index (χ0v) is 14.8. The molecule has 1 saturated heterocycles. The van der Waals surface area contributed by atoms with Crippen molar-refractivity contribution in [3.8, 4) is 0 Å². The summed E-state index contributed by atoms with van der Waals surface area (Å²) in [7, 11) is 0. The Hall–Kier alpha value is -2.08. The summed E-state index contributed by atoms with van der Waals surface area (Å²) in [4.78, 5) is 25.3. The summed E-state index contributed by atoms with van der Waals surface area (Å²) in [5.41, 5.74) is 1.08. The van der Waals surface area contributed by atoms with Gasteiger partial charge in [-0.15, -0.1) is 0 Å². The average Bonchev–Trinajstić information content (AvgIpc) is 3.11. The number of hydrogen-bond acceptors (Lipinski definition) is 3. The van der Waals surface area contributed by atoms with E-state index in [4.69, 9.17) is 9.84 Å². The molecule has 2 rings (SSSR count). The van der Waals surface area contributed by atoms with Gasteiger partial charge in [0.2, 0.25) is 0 Å². The lowest BCUT2D eigenvalue weighted by atomic mass is 10.0. The van der Waals surface area contributed by atoms with E-state index < -0.39 is 5.97 Å². The normalized spacial score (nSPS) is 17.9. The molecular formula is C19H28N2O4. The lowest BCUT2D eigenvalue weighted by Gasteiger charge is -2.27. The van der Waals surface area contributed by atoms with E-state index in [2.05, 4.69) is 5.32 Å². The molecule has 1 fully saturated rings. The van der Waals surface area contributed by atoms with Crippen molar-refractivity contribution in [3.05, 3.63) is 35.9 Å². The van der Waals surface area contributed by atoms with Gasteiger partial charge < -0.3 is 20.1 Å². The van der Waals surface area contributed by atoms with Crippen LogP contribution < -0.4 is 5.32 Å². The van der Waals surface area contributed by atoms with Crippen molar-refractivity contribution in [3.63, 3.8) is 0 Å². The number of benzene rings is 1. The van der Waals surface area contributed by atoms with Gasteiger partial charge in [0, 0.05) is 32.2 Å². The monoisotopic (exact) mass is 348 g/mol. The molecule has 1 aliphatic heterocycles. The fraction of sp³-hybridized carbons (Fsp3) is 0.579. The smallest absolute Gasteiger partial charge is 0.317 e. The Morgan fingerprint density at radius 2 is 2.12 bits per heavy atom. The standard InChI is InChI=1S/C19H28N2O4/c1-2-21(14-17-9-6-12-25-17)19(24)20-16(10-11-18(22)23)13-15-7-4-3-5-8-15/h3-5,7-8,16-17H,2,6,9-14H2,1H3,(H,20,24)(H,22,23). The number of urea groups is 1. The number of aliphatic carboxylic acids is 1. The van der Waals surface area contributed by atoms with Crippen molar-refractivity contribution < 1.29 is 19.4 Å². The molecule has 2 unspecified atom stereocenters. The largest absolute Gasteiger partial charge is 0.481 e. The summed E-state index contributed by atoms with van der Waals surface area (Å²) >= 11 is 0. The van der Waals surface area contributed by atoms with Crippen LogP contribution in [0.15, 0.2) is 30.3 Å². The summed E-state index contributed by atoms with van der Waals surface area (Å²) in [6.45, 7) is 3.89. The highest BCUT2D eigenvalue weighted by Crippen LogP contribution is 2.14. The van der Waals surface area contributed by atoms with Gasteiger partial charge in [-0.25, -0.2) is 4.79 Å². The number of amides is 2. The van der Waals surface area contributed by atoms with Crippen molar-refractivity contribution in [2.24, 2.45) is 0 Å². The Balaban J connectivity index is 1.94. The molecule has 6 nitrogen and oxygen atoms in total. The second-order valence-corrected chi connectivity index (χ2v) is 6.44. The fourth-order valence-corrected chi connectivity index (χ4v) is 3.08. The van der Waals surface area contributed by atoms with Crippen LogP contribution in [0.3, 0.4) is 0 Å². The fourth-order valence-electron chi connectivity index (χ4n) is 3.08. The van der Waals surface area contributed by atoms with Gasteiger partial charge in [-0.1, -0.05) is 30.3 Å². The molecule has 2 amide bonds. The molecule has 1 aliphatic rings. The predicted molar refractivity (Wildman–Crippen MR) is 95.6 cm³/mol. The zero-order chi connectivity index (χ0) is 18.1. The van der Waals surface area contributed by atoms with Gasteiger partial charge in [0.1, 0.15) is 0 Å². The van der Waals surface area contributed by atoms with Crippen LogP contribution in [0.25, 0.3) is 0 Å². The highest BCUT2D eigenvalue weighted by molar-refractivity contribution is 5.74. The first-order chi connectivity index (χ1) is 12.1. The van der Waals surface area contributed by atoms with E-state index in [-0.39, 0.29) is 24.6 Å². The molecule has 0 aliphatic carbocycles. The molecule has 0 saturated carbocycles. The number of hydrogen-bond donors (Lipinski definition) is 2. The number of carbonyl (C=O) groups is 2. The Kier molecular flexibility index (Phi) is 7.73. The van der Waals surface area contributed by atoms with E-state index in [1.165, 1.54) is 0 Å². The Bertz CT molecular complexity index is 544. The molecule has 0 radical (unpaired) electrons. The SMILES string of the molecule is CCN(CC1CCCO1)C(=O)NC(CCC(=O)O)Cc1ccccc1. The van der Waals surface area contributed by atoms with Crippen LogP contribution in [-0.2, 0) is 16.0 Å². The maximum Gasteiger partial charge on any atom is 0.317 e. The van der Waals surface area contributed by atoms with Crippen molar-refractivity contribution in [1.82, 2.24) is 10.2 Å². The van der Waals surface area contributed by atoms with E-state index >= 15 is 0 Å². The predicted octanol–water partition coefficient (Wildman–Crippen LogP) is 2.67. The van der Waals surface area contributed by atoms with Crippen molar-refractivity contribution in [2.75, 3.05) is 19.7 Å². The van der Waals surface area contributed by atoms with Gasteiger partial charge in [-0.3, -0.25) is 4.79 Å². The molecule has 6 heteroatoms. The molecular weight excluding hydrogens is 320 g/mol. The number of ether oxygens (including phenoxy) is 1. The van der Waals surface area contributed by atoms with Crippen LogP contribution in [0.1, 0.15) is 38.2 Å². The first kappa shape index (κ1) is 19.2. The number of carboxylic acid groups (broad SMARTS) is 1. The first-order valence-corrected chi connectivity index (χ1v) is 9.01. The quantitative estimate of drug-likeness (QED) is 0.719. The van der Waals surface area contributed by atoms with Gasteiger partial charge in [0.25, 0.3) is 0 Å². The molecule has 138 valence electrons. The lowest BCUT2D eigenvalue weighted by Crippen LogP contribution is -2.48. The van der Waals surface area contributed by atoms with Crippen molar-refractivity contribution in [1.29, 1.82) is 0 Å². The van der Waals surface area contributed by atoms with Crippen LogP contribution in [-0.4, -0.2) is 53.8 Å². The summed E-state index contributed by atoms with van der Waals surface area (Å²) in [5, 5.41) is 12.0. The molecule has 1 aromatic rings. The third-order valence-electron chi connectivity index (χ3n) is 4.48. The van der Waals surface area contributed by atoms with Gasteiger partial charge in [-0.2, -0.15) is 0 Å². The second-order valence-electron chi connectivity index (χ2n) is 6.44. The maximum atomic E-state index is 12.6. The molecule has 0 bridgehead atoms. The summed E-state index contributed by atoms with van der Waals surface area (Å²) < 4.78 is 5.62. The van der Waals surface area contributed by atoms with E-state index in [1.54, 1.807) is 4.90 Å². The number of nitrogens with zero attached hydrogens (tertiary/aromatic N) is 1. The minimum absolute atomic E-state index is 0.0373. The van der Waals surface area contributed by atoms with E-state index in [0.29, 0.717) is 25.9 Å².